The Morgan fingerprint density at radius 1 is 0.950 bits per heavy atom. The molecule has 3 aromatic rings. The van der Waals surface area contributed by atoms with Gasteiger partial charge in [-0.15, -0.1) is 0 Å². The Morgan fingerprint density at radius 3 is 2.12 bits per heavy atom. The summed E-state index contributed by atoms with van der Waals surface area (Å²) in [7, 11) is 1.29. The van der Waals surface area contributed by atoms with Crippen LogP contribution in [0.1, 0.15) is 72.8 Å². The van der Waals surface area contributed by atoms with E-state index >= 15 is 0 Å². The number of nitrogens with zero attached hydrogens (tertiary/aromatic N) is 1. The van der Waals surface area contributed by atoms with E-state index in [1.165, 1.54) is 12.0 Å². The van der Waals surface area contributed by atoms with Gasteiger partial charge in [0.25, 0.3) is 11.7 Å². The Kier molecular flexibility index (Phi) is 8.14. The van der Waals surface area contributed by atoms with Crippen molar-refractivity contribution >= 4 is 29.1 Å². The van der Waals surface area contributed by atoms with Crippen LogP contribution in [-0.2, 0) is 19.7 Å². The lowest BCUT2D eigenvalue weighted by Gasteiger charge is -2.26. The van der Waals surface area contributed by atoms with Gasteiger partial charge in [-0.1, -0.05) is 52.0 Å². The number of carbonyl (C=O) groups is 3. The zero-order valence-electron chi connectivity index (χ0n) is 23.8. The number of ether oxygens (including phenoxy) is 2. The summed E-state index contributed by atoms with van der Waals surface area (Å²) >= 11 is 0. The van der Waals surface area contributed by atoms with Gasteiger partial charge in [-0.05, 0) is 77.9 Å². The van der Waals surface area contributed by atoms with Crippen LogP contribution < -0.4 is 9.64 Å². The molecule has 1 N–H and O–H groups in total. The Labute approximate surface area is 235 Å². The molecule has 208 valence electrons. The molecule has 4 rings (SSSR count). The van der Waals surface area contributed by atoms with E-state index in [-0.39, 0.29) is 16.7 Å². The van der Waals surface area contributed by atoms with Gasteiger partial charge in [-0.3, -0.25) is 14.5 Å². The number of anilines is 1. The van der Waals surface area contributed by atoms with Gasteiger partial charge in [0.2, 0.25) is 0 Å². The lowest BCUT2D eigenvalue weighted by atomic mass is 9.85. The number of amides is 1. The Hall–Kier alpha value is -4.39. The van der Waals surface area contributed by atoms with Crippen molar-refractivity contribution in [1.82, 2.24) is 0 Å². The van der Waals surface area contributed by atoms with Crippen LogP contribution in [0.2, 0.25) is 0 Å². The van der Waals surface area contributed by atoms with Crippen molar-refractivity contribution in [2.24, 2.45) is 0 Å². The number of rotatable bonds is 7. The van der Waals surface area contributed by atoms with Gasteiger partial charge < -0.3 is 14.6 Å². The van der Waals surface area contributed by atoms with E-state index in [2.05, 4.69) is 20.8 Å². The van der Waals surface area contributed by atoms with Crippen molar-refractivity contribution in [2.45, 2.75) is 52.5 Å². The first kappa shape index (κ1) is 28.6. The standard InChI is InChI=1S/C33H35NO6/c1-7-18-40-26-17-12-23(19-20(26)2)29(35)27-28(21-8-13-24(14-9-21)33(3,4)5)34(31(37)30(27)36)25-15-10-22(11-16-25)32(38)39-6/h8-17,19,28,35H,7,18H2,1-6H3/b29-27-. The van der Waals surface area contributed by atoms with Gasteiger partial charge in [0, 0.05) is 11.3 Å². The van der Waals surface area contributed by atoms with Crippen LogP contribution in [0.5, 0.6) is 5.75 Å². The average Bonchev–Trinajstić information content (AvgIpc) is 3.21. The van der Waals surface area contributed by atoms with E-state index < -0.39 is 23.7 Å². The van der Waals surface area contributed by atoms with Crippen LogP contribution in [0.15, 0.2) is 72.3 Å². The minimum Gasteiger partial charge on any atom is -0.507 e. The fourth-order valence-electron chi connectivity index (χ4n) is 4.78. The van der Waals surface area contributed by atoms with Crippen LogP contribution in [0, 0.1) is 6.92 Å². The molecule has 1 saturated heterocycles. The summed E-state index contributed by atoms with van der Waals surface area (Å²) in [6.07, 6.45) is 0.860. The lowest BCUT2D eigenvalue weighted by molar-refractivity contribution is -0.132. The number of methoxy groups -OCH3 is 1. The SMILES string of the molecule is CCCOc1ccc(/C(O)=C2/C(=O)C(=O)N(c3ccc(C(=O)OC)cc3)C2c2ccc(C(C)(C)C)cc2)cc1C. The quantitative estimate of drug-likeness (QED) is 0.159. The molecule has 1 atom stereocenters. The normalized spacial score (nSPS) is 16.8. The number of hydrogen-bond donors (Lipinski definition) is 1. The minimum atomic E-state index is -0.880. The molecule has 3 aromatic carbocycles. The molecule has 1 fully saturated rings. The van der Waals surface area contributed by atoms with Gasteiger partial charge in [0.1, 0.15) is 11.5 Å². The molecule has 1 aliphatic heterocycles. The summed E-state index contributed by atoms with van der Waals surface area (Å²) < 4.78 is 10.5. The highest BCUT2D eigenvalue weighted by Gasteiger charge is 2.47. The molecule has 40 heavy (non-hydrogen) atoms. The molecule has 1 unspecified atom stereocenters. The summed E-state index contributed by atoms with van der Waals surface area (Å²) in [4.78, 5) is 40.3. The first-order valence-electron chi connectivity index (χ1n) is 13.3. The Morgan fingerprint density at radius 2 is 1.57 bits per heavy atom. The van der Waals surface area contributed by atoms with Crippen LogP contribution in [-0.4, -0.2) is 36.5 Å². The van der Waals surface area contributed by atoms with Crippen molar-refractivity contribution in [1.29, 1.82) is 0 Å². The number of esters is 1. The molecule has 0 radical (unpaired) electrons. The zero-order chi connectivity index (χ0) is 29.2. The summed E-state index contributed by atoms with van der Waals surface area (Å²) in [6, 6.07) is 18.3. The zero-order valence-corrected chi connectivity index (χ0v) is 23.8. The second kappa shape index (κ2) is 11.4. The molecule has 1 heterocycles. The topological polar surface area (TPSA) is 93.1 Å². The summed E-state index contributed by atoms with van der Waals surface area (Å²) in [5.74, 6) is -1.63. The highest BCUT2D eigenvalue weighted by Crippen LogP contribution is 2.43. The first-order valence-corrected chi connectivity index (χ1v) is 13.3. The molecular weight excluding hydrogens is 506 g/mol. The van der Waals surface area contributed by atoms with Gasteiger partial charge in [-0.25, -0.2) is 4.79 Å². The van der Waals surface area contributed by atoms with Crippen molar-refractivity contribution in [3.8, 4) is 5.75 Å². The number of carbonyl (C=O) groups excluding carboxylic acids is 3. The van der Waals surface area contributed by atoms with Crippen LogP contribution in [0.25, 0.3) is 5.76 Å². The molecule has 7 heteroatoms. The number of ketones is 1. The van der Waals surface area contributed by atoms with Crippen molar-refractivity contribution in [2.75, 3.05) is 18.6 Å². The van der Waals surface area contributed by atoms with Crippen LogP contribution in [0.4, 0.5) is 5.69 Å². The van der Waals surface area contributed by atoms with Crippen molar-refractivity contribution < 1.29 is 29.0 Å². The fourth-order valence-corrected chi connectivity index (χ4v) is 4.78. The molecule has 0 spiro atoms. The van der Waals surface area contributed by atoms with Crippen molar-refractivity contribution in [3.63, 3.8) is 0 Å². The van der Waals surface area contributed by atoms with E-state index in [1.54, 1.807) is 42.5 Å². The summed E-state index contributed by atoms with van der Waals surface area (Å²) in [5.41, 5.74) is 3.61. The highest BCUT2D eigenvalue weighted by atomic mass is 16.5. The molecule has 0 aromatic heterocycles. The number of aliphatic hydroxyl groups is 1. The Balaban J connectivity index is 1.87. The van der Waals surface area contributed by atoms with Crippen LogP contribution in [0.3, 0.4) is 0 Å². The maximum atomic E-state index is 13.5. The molecule has 7 nitrogen and oxygen atoms in total. The average molecular weight is 542 g/mol. The van der Waals surface area contributed by atoms with E-state index in [1.807, 2.05) is 38.1 Å². The van der Waals surface area contributed by atoms with E-state index in [0.717, 1.165) is 17.5 Å². The maximum Gasteiger partial charge on any atom is 0.337 e. The van der Waals surface area contributed by atoms with Gasteiger partial charge in [-0.2, -0.15) is 0 Å². The molecular formula is C33H35NO6. The van der Waals surface area contributed by atoms with Gasteiger partial charge >= 0.3 is 5.97 Å². The molecule has 0 aliphatic carbocycles. The summed E-state index contributed by atoms with van der Waals surface area (Å²) in [6.45, 7) is 10.8. The van der Waals surface area contributed by atoms with Gasteiger partial charge in [0.15, 0.2) is 0 Å². The highest BCUT2D eigenvalue weighted by molar-refractivity contribution is 6.51. The third-order valence-corrected chi connectivity index (χ3v) is 7.01. The third kappa shape index (κ3) is 5.50. The van der Waals surface area contributed by atoms with E-state index in [9.17, 15) is 19.5 Å². The van der Waals surface area contributed by atoms with E-state index in [0.29, 0.717) is 34.7 Å². The molecule has 0 saturated carbocycles. The molecule has 1 aliphatic rings. The fraction of sp³-hybridized carbons (Fsp3) is 0.303. The monoisotopic (exact) mass is 541 g/mol. The van der Waals surface area contributed by atoms with Gasteiger partial charge in [0.05, 0.1) is 30.9 Å². The second-order valence-corrected chi connectivity index (χ2v) is 10.9. The number of Topliss-reactive ketones (excluding diaryl/α,β-unsaturated/α-hetero) is 1. The predicted octanol–water partition coefficient (Wildman–Crippen LogP) is 6.49. The number of aliphatic hydroxyl groups excluding tert-OH is 1. The maximum absolute atomic E-state index is 13.5. The Bertz CT molecular complexity index is 1460. The minimum absolute atomic E-state index is 0.00724. The first-order chi connectivity index (χ1) is 19.0. The lowest BCUT2D eigenvalue weighted by Crippen LogP contribution is -2.29. The number of benzene rings is 3. The molecule has 1 amide bonds. The smallest absolute Gasteiger partial charge is 0.337 e. The number of hydrogen-bond acceptors (Lipinski definition) is 6. The number of aryl methyl sites for hydroxylation is 1. The largest absolute Gasteiger partial charge is 0.507 e. The van der Waals surface area contributed by atoms with Crippen LogP contribution >= 0.6 is 0 Å². The molecule has 0 bridgehead atoms. The third-order valence-electron chi connectivity index (χ3n) is 7.01. The van der Waals surface area contributed by atoms with E-state index in [4.69, 9.17) is 9.47 Å². The predicted molar refractivity (Wildman–Crippen MR) is 155 cm³/mol. The van der Waals surface area contributed by atoms with Crippen molar-refractivity contribution in [3.05, 3.63) is 100 Å². The summed E-state index contributed by atoms with van der Waals surface area (Å²) in [5, 5.41) is 11.5. The second-order valence-electron chi connectivity index (χ2n) is 10.9.